The highest BCUT2D eigenvalue weighted by Crippen LogP contribution is 2.24. The van der Waals surface area contributed by atoms with E-state index in [0.717, 1.165) is 29.9 Å². The minimum Gasteiger partial charge on any atom is -0.497 e. The van der Waals surface area contributed by atoms with E-state index in [0.29, 0.717) is 0 Å². The smallest absolute Gasteiger partial charge is 0.332 e. The normalized spacial score (nSPS) is 12.9. The number of ether oxygens (including phenoxy) is 1. The fourth-order valence-electron chi connectivity index (χ4n) is 2.03. The Hall–Kier alpha value is -2.04. The van der Waals surface area contributed by atoms with Crippen molar-refractivity contribution < 1.29 is 9.53 Å². The zero-order valence-electron chi connectivity index (χ0n) is 11.6. The summed E-state index contributed by atoms with van der Waals surface area (Å²) in [4.78, 5) is 10.7. The molecule has 1 atom stereocenters. The number of nitrogens with two attached hydrogens (primary N) is 1. The number of hydrazone groups is 1. The number of amides is 2. The maximum atomic E-state index is 10.7. The molecule has 0 radical (unpaired) electrons. The fraction of sp³-hybridized carbons (Fsp3) is 0.429. The summed E-state index contributed by atoms with van der Waals surface area (Å²) >= 11 is 0. The number of hydrogen-bond donors (Lipinski definition) is 2. The van der Waals surface area contributed by atoms with Crippen molar-refractivity contribution in [3.8, 4) is 5.75 Å². The Morgan fingerprint density at radius 2 is 2.00 bits per heavy atom. The molecule has 0 heterocycles. The molecular formula is C14H21N3O2. The van der Waals surface area contributed by atoms with Crippen LogP contribution in [-0.4, -0.2) is 18.9 Å². The van der Waals surface area contributed by atoms with Crippen LogP contribution in [-0.2, 0) is 0 Å². The van der Waals surface area contributed by atoms with E-state index in [1.807, 2.05) is 31.2 Å². The third kappa shape index (κ3) is 4.28. The first-order chi connectivity index (χ1) is 9.12. The van der Waals surface area contributed by atoms with Gasteiger partial charge in [0, 0.05) is 11.6 Å². The van der Waals surface area contributed by atoms with Gasteiger partial charge in [-0.05, 0) is 30.5 Å². The van der Waals surface area contributed by atoms with Crippen LogP contribution in [0.3, 0.4) is 0 Å². The maximum Gasteiger partial charge on any atom is 0.332 e. The van der Waals surface area contributed by atoms with E-state index < -0.39 is 6.03 Å². The first kappa shape index (κ1) is 15.0. The van der Waals surface area contributed by atoms with Gasteiger partial charge in [-0.2, -0.15) is 5.10 Å². The van der Waals surface area contributed by atoms with Gasteiger partial charge in [0.2, 0.25) is 0 Å². The largest absolute Gasteiger partial charge is 0.497 e. The second kappa shape index (κ2) is 7.41. The first-order valence-electron chi connectivity index (χ1n) is 6.38. The van der Waals surface area contributed by atoms with Gasteiger partial charge in [-0.15, -0.1) is 0 Å². The summed E-state index contributed by atoms with van der Waals surface area (Å²) in [6.07, 6.45) is 1.66. The lowest BCUT2D eigenvalue weighted by atomic mass is 9.90. The second-order valence-corrected chi connectivity index (χ2v) is 4.17. The van der Waals surface area contributed by atoms with Crippen molar-refractivity contribution in [2.45, 2.75) is 32.6 Å². The number of rotatable bonds is 6. The molecule has 0 saturated carbocycles. The molecule has 0 bridgehead atoms. The van der Waals surface area contributed by atoms with E-state index in [1.54, 1.807) is 7.11 Å². The van der Waals surface area contributed by atoms with Gasteiger partial charge >= 0.3 is 6.03 Å². The molecule has 0 aliphatic carbocycles. The Kier molecular flexibility index (Phi) is 5.85. The molecule has 0 unspecified atom stereocenters. The molecule has 0 aliphatic rings. The van der Waals surface area contributed by atoms with Gasteiger partial charge in [0.1, 0.15) is 5.75 Å². The lowest BCUT2D eigenvalue weighted by molar-refractivity contribution is 0.249. The van der Waals surface area contributed by atoms with Crippen molar-refractivity contribution in [2.75, 3.05) is 7.11 Å². The highest BCUT2D eigenvalue weighted by Gasteiger charge is 2.15. The Morgan fingerprint density at radius 1 is 1.37 bits per heavy atom. The van der Waals surface area contributed by atoms with Crippen molar-refractivity contribution in [2.24, 2.45) is 10.8 Å². The Labute approximate surface area is 113 Å². The number of urea groups is 1. The molecule has 0 saturated heterocycles. The number of methoxy groups -OCH3 is 1. The van der Waals surface area contributed by atoms with E-state index >= 15 is 0 Å². The molecule has 1 aromatic rings. The monoisotopic (exact) mass is 263 g/mol. The van der Waals surface area contributed by atoms with E-state index in [4.69, 9.17) is 10.5 Å². The third-order valence-corrected chi connectivity index (χ3v) is 3.00. The summed E-state index contributed by atoms with van der Waals surface area (Å²) < 4.78 is 5.14. The number of carbonyl (C=O) groups excluding carboxylic acids is 1. The Balaban J connectivity index is 2.95. The van der Waals surface area contributed by atoms with Gasteiger partial charge < -0.3 is 10.5 Å². The van der Waals surface area contributed by atoms with Crippen LogP contribution in [0.15, 0.2) is 29.4 Å². The average molecular weight is 263 g/mol. The highest BCUT2D eigenvalue weighted by atomic mass is 16.5. The molecule has 1 aromatic carbocycles. The van der Waals surface area contributed by atoms with Crippen LogP contribution in [0.25, 0.3) is 0 Å². The second-order valence-electron chi connectivity index (χ2n) is 4.17. The standard InChI is InChI=1S/C14H21N3O2/c1-4-12(13(5-2)16-17-14(15)18)10-6-8-11(19-3)9-7-10/h6-9,12H,4-5H2,1-3H3,(H3,15,17,18)/b16-13-/t12-/m0/s1. The van der Waals surface area contributed by atoms with Gasteiger partial charge in [-0.3, -0.25) is 0 Å². The molecular weight excluding hydrogens is 242 g/mol. The first-order valence-corrected chi connectivity index (χ1v) is 6.38. The average Bonchev–Trinajstić information content (AvgIpc) is 2.43. The molecule has 0 aromatic heterocycles. The van der Waals surface area contributed by atoms with Crippen molar-refractivity contribution in [1.82, 2.24) is 5.43 Å². The lowest BCUT2D eigenvalue weighted by Crippen LogP contribution is -2.27. The predicted octanol–water partition coefficient (Wildman–Crippen LogP) is 2.62. The lowest BCUT2D eigenvalue weighted by Gasteiger charge is -2.17. The Morgan fingerprint density at radius 3 is 2.42 bits per heavy atom. The number of hydrogen-bond acceptors (Lipinski definition) is 3. The fourth-order valence-corrected chi connectivity index (χ4v) is 2.03. The van der Waals surface area contributed by atoms with Crippen LogP contribution in [0.1, 0.15) is 38.2 Å². The Bertz CT molecular complexity index is 441. The number of benzene rings is 1. The van der Waals surface area contributed by atoms with Crippen LogP contribution < -0.4 is 15.9 Å². The molecule has 2 amide bonds. The summed E-state index contributed by atoms with van der Waals surface area (Å²) in [6, 6.07) is 7.24. The van der Waals surface area contributed by atoms with Crippen LogP contribution >= 0.6 is 0 Å². The van der Waals surface area contributed by atoms with Crippen LogP contribution in [0.2, 0.25) is 0 Å². The summed E-state index contributed by atoms with van der Waals surface area (Å²) in [7, 11) is 1.64. The van der Waals surface area contributed by atoms with Gasteiger partial charge in [-0.25, -0.2) is 10.2 Å². The van der Waals surface area contributed by atoms with E-state index in [2.05, 4.69) is 17.5 Å². The van der Waals surface area contributed by atoms with Crippen LogP contribution in [0.5, 0.6) is 5.75 Å². The number of nitrogens with zero attached hydrogens (tertiary/aromatic N) is 1. The summed E-state index contributed by atoms with van der Waals surface area (Å²) in [5.41, 5.74) is 9.40. The number of carbonyl (C=O) groups is 1. The van der Waals surface area contributed by atoms with E-state index in [1.165, 1.54) is 0 Å². The highest BCUT2D eigenvalue weighted by molar-refractivity contribution is 5.91. The minimum absolute atomic E-state index is 0.169. The van der Waals surface area contributed by atoms with Crippen LogP contribution in [0, 0.1) is 0 Å². The van der Waals surface area contributed by atoms with E-state index in [-0.39, 0.29) is 5.92 Å². The molecule has 19 heavy (non-hydrogen) atoms. The zero-order valence-corrected chi connectivity index (χ0v) is 11.6. The topological polar surface area (TPSA) is 76.7 Å². The molecule has 0 aliphatic heterocycles. The van der Waals surface area contributed by atoms with Gasteiger partial charge in [-0.1, -0.05) is 26.0 Å². The van der Waals surface area contributed by atoms with Crippen molar-refractivity contribution in [3.05, 3.63) is 29.8 Å². The molecule has 5 heteroatoms. The third-order valence-electron chi connectivity index (χ3n) is 3.00. The number of nitrogens with one attached hydrogen (secondary N) is 1. The van der Waals surface area contributed by atoms with Gasteiger partial charge in [0.05, 0.1) is 7.11 Å². The van der Waals surface area contributed by atoms with Gasteiger partial charge in [0.25, 0.3) is 0 Å². The quantitative estimate of drug-likeness (QED) is 0.611. The van der Waals surface area contributed by atoms with Crippen molar-refractivity contribution >= 4 is 11.7 Å². The minimum atomic E-state index is -0.643. The summed E-state index contributed by atoms with van der Waals surface area (Å²) in [5.74, 6) is 0.992. The summed E-state index contributed by atoms with van der Waals surface area (Å²) in [5, 5.41) is 4.09. The van der Waals surface area contributed by atoms with Crippen molar-refractivity contribution in [3.63, 3.8) is 0 Å². The van der Waals surface area contributed by atoms with Crippen LogP contribution in [0.4, 0.5) is 4.79 Å². The molecule has 5 nitrogen and oxygen atoms in total. The molecule has 0 fully saturated rings. The van der Waals surface area contributed by atoms with Crippen molar-refractivity contribution in [1.29, 1.82) is 0 Å². The number of primary amides is 1. The zero-order chi connectivity index (χ0) is 14.3. The molecule has 0 spiro atoms. The molecule has 3 N–H and O–H groups in total. The molecule has 1 rings (SSSR count). The predicted molar refractivity (Wildman–Crippen MR) is 76.5 cm³/mol. The van der Waals surface area contributed by atoms with E-state index in [9.17, 15) is 4.79 Å². The molecule has 104 valence electrons. The SMILES string of the molecule is CC/C(=N/NC(N)=O)[C@@H](CC)c1ccc(OC)cc1. The van der Waals surface area contributed by atoms with Gasteiger partial charge in [0.15, 0.2) is 0 Å². The summed E-state index contributed by atoms with van der Waals surface area (Å²) in [6.45, 7) is 4.10. The maximum absolute atomic E-state index is 10.7.